The monoisotopic (exact) mass is 254 g/mol. The van der Waals surface area contributed by atoms with Gasteiger partial charge in [-0.2, -0.15) is 0 Å². The van der Waals surface area contributed by atoms with E-state index >= 15 is 0 Å². The molecule has 1 unspecified atom stereocenters. The Balaban J connectivity index is 4.55. The molecule has 0 aromatic carbocycles. The van der Waals surface area contributed by atoms with Crippen molar-refractivity contribution in [2.45, 2.75) is 46.0 Å². The molecule has 0 aliphatic rings. The molecule has 0 spiro atoms. The van der Waals surface area contributed by atoms with Crippen LogP contribution >= 0.6 is 0 Å². The minimum atomic E-state index is -1.14. The van der Waals surface area contributed by atoms with Gasteiger partial charge in [-0.3, -0.25) is 0 Å². The molecule has 0 saturated carbocycles. The Bertz CT molecular complexity index is 329. The third-order valence-corrected chi connectivity index (χ3v) is 2.87. The maximum atomic E-state index is 10.9. The predicted octanol–water partition coefficient (Wildman–Crippen LogP) is 3.24. The molecule has 0 bridgehead atoms. The van der Waals surface area contributed by atoms with Crippen molar-refractivity contribution >= 4 is 11.9 Å². The predicted molar refractivity (Wildman–Crippen MR) is 70.4 cm³/mol. The summed E-state index contributed by atoms with van der Waals surface area (Å²) in [6.45, 7) is 4.21. The first kappa shape index (κ1) is 16.4. The van der Waals surface area contributed by atoms with Crippen molar-refractivity contribution in [2.24, 2.45) is 5.92 Å². The van der Waals surface area contributed by atoms with Crippen LogP contribution in [0.4, 0.5) is 0 Å². The highest BCUT2D eigenvalue weighted by molar-refractivity contribution is 5.92. The van der Waals surface area contributed by atoms with Crippen LogP contribution in [0.5, 0.6) is 0 Å². The zero-order chi connectivity index (χ0) is 14.0. The van der Waals surface area contributed by atoms with Crippen molar-refractivity contribution in [2.75, 3.05) is 0 Å². The van der Waals surface area contributed by atoms with Crippen molar-refractivity contribution < 1.29 is 19.8 Å². The largest absolute Gasteiger partial charge is 0.478 e. The molecule has 18 heavy (non-hydrogen) atoms. The number of rotatable bonds is 9. The standard InChI is InChI=1S/C14H22O4/c1-3-5-6-11(4-2)7-8-12(14(17)18)9-10-13(15)16/h8-11H,3-7H2,1-2H3,(H,15,16)(H,17,18). The van der Waals surface area contributed by atoms with Crippen molar-refractivity contribution in [1.82, 2.24) is 0 Å². The summed E-state index contributed by atoms with van der Waals surface area (Å²) >= 11 is 0. The van der Waals surface area contributed by atoms with Crippen LogP contribution in [0.15, 0.2) is 23.8 Å². The molecule has 0 fully saturated rings. The van der Waals surface area contributed by atoms with E-state index in [-0.39, 0.29) is 5.57 Å². The van der Waals surface area contributed by atoms with Crippen LogP contribution < -0.4 is 0 Å². The first-order valence-electron chi connectivity index (χ1n) is 6.35. The van der Waals surface area contributed by atoms with Crippen molar-refractivity contribution in [3.63, 3.8) is 0 Å². The lowest BCUT2D eigenvalue weighted by atomic mass is 9.94. The number of unbranched alkanes of at least 4 members (excludes halogenated alkanes) is 1. The lowest BCUT2D eigenvalue weighted by Crippen LogP contribution is -2.02. The van der Waals surface area contributed by atoms with E-state index in [4.69, 9.17) is 10.2 Å². The number of carbonyl (C=O) groups is 2. The molecule has 4 heteroatoms. The Labute approximate surface area is 108 Å². The molecule has 0 saturated heterocycles. The normalized spacial score (nSPS) is 13.8. The third kappa shape index (κ3) is 7.65. The highest BCUT2D eigenvalue weighted by Crippen LogP contribution is 2.18. The zero-order valence-electron chi connectivity index (χ0n) is 11.1. The Morgan fingerprint density at radius 2 is 1.83 bits per heavy atom. The van der Waals surface area contributed by atoms with Gasteiger partial charge in [-0.25, -0.2) is 9.59 Å². The third-order valence-electron chi connectivity index (χ3n) is 2.87. The van der Waals surface area contributed by atoms with Gasteiger partial charge in [0.1, 0.15) is 0 Å². The minimum Gasteiger partial charge on any atom is -0.478 e. The molecule has 0 rings (SSSR count). The fourth-order valence-corrected chi connectivity index (χ4v) is 1.66. The molecular formula is C14H22O4. The van der Waals surface area contributed by atoms with E-state index in [2.05, 4.69) is 13.8 Å². The van der Waals surface area contributed by atoms with E-state index in [1.165, 1.54) is 0 Å². The van der Waals surface area contributed by atoms with Crippen molar-refractivity contribution in [3.05, 3.63) is 23.8 Å². The number of hydrogen-bond donors (Lipinski definition) is 2. The summed E-state index contributed by atoms with van der Waals surface area (Å²) in [7, 11) is 0. The molecule has 0 aliphatic carbocycles. The van der Waals surface area contributed by atoms with E-state index in [1.54, 1.807) is 6.08 Å². The van der Waals surface area contributed by atoms with E-state index in [1.807, 2.05) is 0 Å². The number of allylic oxidation sites excluding steroid dienone is 1. The first-order valence-corrected chi connectivity index (χ1v) is 6.35. The van der Waals surface area contributed by atoms with Crippen molar-refractivity contribution in [1.29, 1.82) is 0 Å². The number of carboxylic acid groups (broad SMARTS) is 2. The summed E-state index contributed by atoms with van der Waals surface area (Å²) in [6.07, 6.45) is 8.65. The maximum Gasteiger partial charge on any atom is 0.335 e. The van der Waals surface area contributed by atoms with Crippen LogP contribution in [0.3, 0.4) is 0 Å². The molecule has 1 atom stereocenters. The Morgan fingerprint density at radius 1 is 1.17 bits per heavy atom. The fraction of sp³-hybridized carbons (Fsp3) is 0.571. The Hall–Kier alpha value is -1.58. The van der Waals surface area contributed by atoms with Gasteiger partial charge in [0.2, 0.25) is 0 Å². The van der Waals surface area contributed by atoms with Crippen LogP contribution in [-0.4, -0.2) is 22.2 Å². The minimum absolute atomic E-state index is 0.0485. The highest BCUT2D eigenvalue weighted by atomic mass is 16.4. The Morgan fingerprint density at radius 3 is 2.28 bits per heavy atom. The van der Waals surface area contributed by atoms with E-state index < -0.39 is 11.9 Å². The molecular weight excluding hydrogens is 232 g/mol. The average molecular weight is 254 g/mol. The number of hydrogen-bond acceptors (Lipinski definition) is 2. The smallest absolute Gasteiger partial charge is 0.335 e. The second kappa shape index (κ2) is 9.45. The second-order valence-corrected chi connectivity index (χ2v) is 4.29. The summed E-state index contributed by atoms with van der Waals surface area (Å²) < 4.78 is 0. The SMILES string of the molecule is CCCCC(CC)CC=C(C=CC(=O)O)C(=O)O. The van der Waals surface area contributed by atoms with Crippen LogP contribution in [0.2, 0.25) is 0 Å². The van der Waals surface area contributed by atoms with Gasteiger partial charge in [0.15, 0.2) is 0 Å². The summed E-state index contributed by atoms with van der Waals surface area (Å²) in [5.74, 6) is -1.75. The molecule has 4 nitrogen and oxygen atoms in total. The van der Waals surface area contributed by atoms with Crippen LogP contribution in [-0.2, 0) is 9.59 Å². The summed E-state index contributed by atoms with van der Waals surface area (Å²) in [4.78, 5) is 21.3. The maximum absolute atomic E-state index is 10.9. The average Bonchev–Trinajstić information content (AvgIpc) is 2.31. The lowest BCUT2D eigenvalue weighted by molar-refractivity contribution is -0.132. The lowest BCUT2D eigenvalue weighted by Gasteiger charge is -2.11. The molecule has 2 N–H and O–H groups in total. The summed E-state index contributed by atoms with van der Waals surface area (Å²) in [6, 6.07) is 0. The summed E-state index contributed by atoms with van der Waals surface area (Å²) in [5.41, 5.74) is 0.0485. The Kier molecular flexibility index (Phi) is 8.62. The topological polar surface area (TPSA) is 74.6 Å². The molecule has 0 aromatic heterocycles. The van der Waals surface area contributed by atoms with Crippen LogP contribution in [0.25, 0.3) is 0 Å². The molecule has 0 amide bonds. The van der Waals surface area contributed by atoms with Gasteiger partial charge >= 0.3 is 11.9 Å². The first-order chi connectivity index (χ1) is 8.51. The van der Waals surface area contributed by atoms with Gasteiger partial charge in [-0.1, -0.05) is 45.6 Å². The van der Waals surface area contributed by atoms with Gasteiger partial charge in [0, 0.05) is 6.08 Å². The van der Waals surface area contributed by atoms with Gasteiger partial charge in [-0.05, 0) is 18.4 Å². The molecule has 0 aromatic rings. The van der Waals surface area contributed by atoms with E-state index in [0.29, 0.717) is 12.3 Å². The molecule has 0 radical (unpaired) electrons. The van der Waals surface area contributed by atoms with Gasteiger partial charge in [0.05, 0.1) is 5.57 Å². The van der Waals surface area contributed by atoms with Crippen molar-refractivity contribution in [3.8, 4) is 0 Å². The van der Waals surface area contributed by atoms with Gasteiger partial charge in [0.25, 0.3) is 0 Å². The van der Waals surface area contributed by atoms with Crippen LogP contribution in [0.1, 0.15) is 46.0 Å². The quantitative estimate of drug-likeness (QED) is 0.489. The van der Waals surface area contributed by atoms with Crippen LogP contribution in [0, 0.1) is 5.92 Å². The fourth-order valence-electron chi connectivity index (χ4n) is 1.66. The number of aliphatic carboxylic acids is 2. The second-order valence-electron chi connectivity index (χ2n) is 4.29. The van der Waals surface area contributed by atoms with E-state index in [9.17, 15) is 9.59 Å². The molecule has 0 heterocycles. The zero-order valence-corrected chi connectivity index (χ0v) is 11.1. The molecule has 0 aliphatic heterocycles. The highest BCUT2D eigenvalue weighted by Gasteiger charge is 2.07. The van der Waals surface area contributed by atoms with E-state index in [0.717, 1.165) is 37.8 Å². The molecule has 102 valence electrons. The number of carboxylic acids is 2. The van der Waals surface area contributed by atoms with Gasteiger partial charge in [-0.15, -0.1) is 0 Å². The van der Waals surface area contributed by atoms with Gasteiger partial charge < -0.3 is 10.2 Å². The summed E-state index contributed by atoms with van der Waals surface area (Å²) in [5, 5.41) is 17.4.